The normalized spacial score (nSPS) is 20.4. The van der Waals surface area contributed by atoms with Gasteiger partial charge in [-0.05, 0) is 36.4 Å². The number of nitrogens with one attached hydrogen (secondary N) is 2. The first kappa shape index (κ1) is 19.5. The number of aromatic nitrogens is 2. The van der Waals surface area contributed by atoms with Crippen LogP contribution in [-0.2, 0) is 11.8 Å². The molecule has 0 unspecified atom stereocenters. The molecule has 1 atom stereocenters. The molecule has 29 heavy (non-hydrogen) atoms. The van der Waals surface area contributed by atoms with Crippen LogP contribution in [0.15, 0.2) is 35.4 Å². The highest BCUT2D eigenvalue weighted by Crippen LogP contribution is 2.36. The molecule has 0 saturated carbocycles. The average molecular weight is 432 g/mol. The van der Waals surface area contributed by atoms with Gasteiger partial charge in [-0.3, -0.25) is 24.4 Å². The summed E-state index contributed by atoms with van der Waals surface area (Å²) in [4.78, 5) is 38.1. The first-order valence-electron chi connectivity index (χ1n) is 8.99. The fourth-order valence-electron chi connectivity index (χ4n) is 3.42. The van der Waals surface area contributed by atoms with E-state index in [0.29, 0.717) is 28.7 Å². The monoisotopic (exact) mass is 431 g/mol. The lowest BCUT2D eigenvalue weighted by Crippen LogP contribution is -2.37. The number of nitrogens with zero attached hydrogens (tertiary/aromatic N) is 3. The molecule has 1 aromatic heterocycles. The molecule has 2 aromatic rings. The molecule has 150 valence electrons. The van der Waals surface area contributed by atoms with Gasteiger partial charge in [0.05, 0.1) is 15.6 Å². The molecule has 8 nitrogen and oxygen atoms in total. The van der Waals surface area contributed by atoms with Crippen molar-refractivity contribution in [3.05, 3.63) is 51.6 Å². The van der Waals surface area contributed by atoms with Crippen LogP contribution >= 0.6 is 23.4 Å². The van der Waals surface area contributed by atoms with Gasteiger partial charge in [0.1, 0.15) is 5.69 Å². The second kappa shape index (κ2) is 7.92. The predicted octanol–water partition coefficient (Wildman–Crippen LogP) is 2.41. The largest absolute Gasteiger partial charge is 0.368 e. The van der Waals surface area contributed by atoms with Crippen molar-refractivity contribution in [1.82, 2.24) is 20.4 Å². The topological polar surface area (TPSA) is 96.3 Å². The molecule has 0 aliphatic carbocycles. The molecule has 3 amide bonds. The van der Waals surface area contributed by atoms with Crippen LogP contribution in [0.4, 0.5) is 10.5 Å². The number of hydrogen-bond donors (Lipinski definition) is 2. The van der Waals surface area contributed by atoms with E-state index in [4.69, 9.17) is 11.6 Å². The van der Waals surface area contributed by atoms with Crippen LogP contribution < -0.4 is 15.5 Å². The molecule has 10 heteroatoms. The Bertz CT molecular complexity index is 1030. The lowest BCUT2D eigenvalue weighted by atomic mass is 10.1. The Balaban J connectivity index is 1.52. The highest BCUT2D eigenvalue weighted by atomic mass is 35.5. The molecule has 2 aliphatic rings. The number of imide groups is 1. The lowest BCUT2D eigenvalue weighted by molar-refractivity contribution is -0.115. The summed E-state index contributed by atoms with van der Waals surface area (Å²) >= 11 is 7.33. The number of halogens is 1. The second-order valence-corrected chi connectivity index (χ2v) is 8.23. The van der Waals surface area contributed by atoms with Gasteiger partial charge in [-0.1, -0.05) is 23.7 Å². The number of anilines is 1. The van der Waals surface area contributed by atoms with Crippen molar-refractivity contribution >= 4 is 52.2 Å². The quantitative estimate of drug-likeness (QED) is 0.721. The summed E-state index contributed by atoms with van der Waals surface area (Å²) in [6.07, 6.45) is 4.15. The number of benzene rings is 1. The maximum atomic E-state index is 12.4. The van der Waals surface area contributed by atoms with E-state index >= 15 is 0 Å². The SMILES string of the molecule is Cn1ccc(C(=O)N[C@H]2CCN(c3c(Cl)cccc3C=C3SC(=O)NC3=O)C2)n1. The third kappa shape index (κ3) is 4.15. The summed E-state index contributed by atoms with van der Waals surface area (Å²) in [5.74, 6) is -0.621. The van der Waals surface area contributed by atoms with Gasteiger partial charge in [-0.2, -0.15) is 5.10 Å². The zero-order valence-corrected chi connectivity index (χ0v) is 17.1. The van der Waals surface area contributed by atoms with Crippen molar-refractivity contribution in [2.75, 3.05) is 18.0 Å². The molecule has 2 aliphatic heterocycles. The lowest BCUT2D eigenvalue weighted by Gasteiger charge is -2.22. The summed E-state index contributed by atoms with van der Waals surface area (Å²) in [6, 6.07) is 7.06. The Labute approximate surface area is 176 Å². The van der Waals surface area contributed by atoms with Crippen LogP contribution in [0.2, 0.25) is 5.02 Å². The number of hydrogen-bond acceptors (Lipinski definition) is 6. The molecular formula is C19H18ClN5O3S. The van der Waals surface area contributed by atoms with E-state index in [-0.39, 0.29) is 17.2 Å². The highest BCUT2D eigenvalue weighted by Gasteiger charge is 2.29. The summed E-state index contributed by atoms with van der Waals surface area (Å²) < 4.78 is 1.58. The van der Waals surface area contributed by atoms with Gasteiger partial charge in [-0.25, -0.2) is 0 Å². The van der Waals surface area contributed by atoms with Crippen molar-refractivity contribution < 1.29 is 14.4 Å². The molecule has 4 rings (SSSR count). The summed E-state index contributed by atoms with van der Waals surface area (Å²) in [5.41, 5.74) is 1.91. The molecule has 0 bridgehead atoms. The van der Waals surface area contributed by atoms with Gasteiger partial charge in [-0.15, -0.1) is 0 Å². The van der Waals surface area contributed by atoms with Crippen LogP contribution in [-0.4, -0.2) is 46.0 Å². The number of carbonyl (C=O) groups is 3. The number of carbonyl (C=O) groups excluding carboxylic acids is 3. The van der Waals surface area contributed by atoms with E-state index in [1.807, 2.05) is 6.07 Å². The molecule has 3 heterocycles. The Kier molecular flexibility index (Phi) is 5.33. The van der Waals surface area contributed by atoms with Crippen LogP contribution in [0, 0.1) is 0 Å². The maximum Gasteiger partial charge on any atom is 0.290 e. The van der Waals surface area contributed by atoms with E-state index in [9.17, 15) is 14.4 Å². The summed E-state index contributed by atoms with van der Waals surface area (Å²) in [5, 5.41) is 9.54. The minimum absolute atomic E-state index is 0.0491. The smallest absolute Gasteiger partial charge is 0.290 e. The fourth-order valence-corrected chi connectivity index (χ4v) is 4.40. The highest BCUT2D eigenvalue weighted by molar-refractivity contribution is 8.18. The van der Waals surface area contributed by atoms with Crippen molar-refractivity contribution in [3.63, 3.8) is 0 Å². The third-order valence-electron chi connectivity index (χ3n) is 4.73. The third-order valence-corrected chi connectivity index (χ3v) is 5.85. The van der Waals surface area contributed by atoms with Crippen LogP contribution in [0.3, 0.4) is 0 Å². The van der Waals surface area contributed by atoms with Crippen LogP contribution in [0.1, 0.15) is 22.5 Å². The number of para-hydroxylation sites is 1. The van der Waals surface area contributed by atoms with Crippen molar-refractivity contribution in [2.24, 2.45) is 7.05 Å². The minimum Gasteiger partial charge on any atom is -0.368 e. The standard InChI is InChI=1S/C19H18ClN5O3S/c1-24-7-6-14(23-24)17(26)21-12-5-8-25(10-12)16-11(3-2-4-13(16)20)9-15-18(27)22-19(28)29-15/h2-4,6-7,9,12H,5,8,10H2,1H3,(H,21,26)(H,22,27,28)/t12-/m0/s1. The number of aryl methyl sites for hydroxylation is 1. The molecular weight excluding hydrogens is 414 g/mol. The van der Waals surface area contributed by atoms with E-state index in [1.165, 1.54) is 0 Å². The number of rotatable bonds is 4. The Hall–Kier alpha value is -2.78. The second-order valence-electron chi connectivity index (χ2n) is 6.81. The van der Waals surface area contributed by atoms with Gasteiger partial charge >= 0.3 is 0 Å². The minimum atomic E-state index is -0.409. The van der Waals surface area contributed by atoms with Crippen LogP contribution in [0.5, 0.6) is 0 Å². The Morgan fingerprint density at radius 3 is 2.90 bits per heavy atom. The molecule has 0 radical (unpaired) electrons. The van der Waals surface area contributed by atoms with Gasteiger partial charge in [0, 0.05) is 37.9 Å². The van der Waals surface area contributed by atoms with Gasteiger partial charge < -0.3 is 10.2 Å². The average Bonchev–Trinajstić information content (AvgIpc) is 3.37. The van der Waals surface area contributed by atoms with Crippen molar-refractivity contribution in [3.8, 4) is 0 Å². The van der Waals surface area contributed by atoms with E-state index < -0.39 is 5.91 Å². The van der Waals surface area contributed by atoms with Gasteiger partial charge in [0.25, 0.3) is 17.1 Å². The van der Waals surface area contributed by atoms with E-state index in [2.05, 4.69) is 20.6 Å². The zero-order chi connectivity index (χ0) is 20.5. The van der Waals surface area contributed by atoms with E-state index in [0.717, 1.165) is 29.4 Å². The number of amides is 3. The molecule has 1 aromatic carbocycles. The number of thioether (sulfide) groups is 1. The molecule has 2 fully saturated rings. The summed E-state index contributed by atoms with van der Waals surface area (Å²) in [6.45, 7) is 1.28. The van der Waals surface area contributed by atoms with Gasteiger partial charge in [0.15, 0.2) is 0 Å². The molecule has 2 saturated heterocycles. The Morgan fingerprint density at radius 1 is 1.38 bits per heavy atom. The fraction of sp³-hybridized carbons (Fsp3) is 0.263. The first-order chi connectivity index (χ1) is 13.9. The predicted molar refractivity (Wildman–Crippen MR) is 112 cm³/mol. The first-order valence-corrected chi connectivity index (χ1v) is 10.2. The Morgan fingerprint density at radius 2 is 2.21 bits per heavy atom. The van der Waals surface area contributed by atoms with Crippen molar-refractivity contribution in [1.29, 1.82) is 0 Å². The van der Waals surface area contributed by atoms with Crippen molar-refractivity contribution in [2.45, 2.75) is 12.5 Å². The molecule has 2 N–H and O–H groups in total. The van der Waals surface area contributed by atoms with Crippen LogP contribution in [0.25, 0.3) is 6.08 Å². The van der Waals surface area contributed by atoms with Gasteiger partial charge in [0.2, 0.25) is 0 Å². The molecule has 0 spiro atoms. The van der Waals surface area contributed by atoms with E-state index in [1.54, 1.807) is 42.2 Å². The summed E-state index contributed by atoms with van der Waals surface area (Å²) in [7, 11) is 1.76. The maximum absolute atomic E-state index is 12.4. The zero-order valence-electron chi connectivity index (χ0n) is 15.5.